The van der Waals surface area contributed by atoms with E-state index in [1.165, 1.54) is 37.3 Å². The summed E-state index contributed by atoms with van der Waals surface area (Å²) in [6.07, 6.45) is 1.25. The second kappa shape index (κ2) is 11.8. The molecule has 1 aliphatic rings. The summed E-state index contributed by atoms with van der Waals surface area (Å²) >= 11 is 0. The fraction of sp³-hybridized carbons (Fsp3) is 0.667. The molecular formula is C18H34N2. The van der Waals surface area contributed by atoms with Gasteiger partial charge >= 0.3 is 0 Å². The molecule has 0 spiro atoms. The number of benzene rings is 1. The maximum absolute atomic E-state index is 2.51. The average Bonchev–Trinajstić information content (AvgIpc) is 2.50. The molecule has 1 aliphatic heterocycles. The van der Waals surface area contributed by atoms with Gasteiger partial charge in [0.1, 0.15) is 0 Å². The van der Waals surface area contributed by atoms with Crippen LogP contribution in [-0.4, -0.2) is 37.6 Å². The van der Waals surface area contributed by atoms with Crippen molar-refractivity contribution in [2.75, 3.05) is 37.6 Å². The largest absolute Gasteiger partial charge is 0.369 e. The second-order valence-corrected chi connectivity index (χ2v) is 4.97. The van der Waals surface area contributed by atoms with Gasteiger partial charge in [-0.2, -0.15) is 0 Å². The Hall–Kier alpha value is -1.02. The molecule has 116 valence electrons. The predicted octanol–water partition coefficient (Wildman–Crippen LogP) is 4.58. The molecule has 0 aliphatic carbocycles. The first-order valence-electron chi connectivity index (χ1n) is 8.25. The number of hydrogen-bond acceptors (Lipinski definition) is 2. The second-order valence-electron chi connectivity index (χ2n) is 4.97. The van der Waals surface area contributed by atoms with Crippen molar-refractivity contribution in [1.82, 2.24) is 4.90 Å². The molecule has 0 saturated carbocycles. The van der Waals surface area contributed by atoms with Gasteiger partial charge in [0.25, 0.3) is 0 Å². The molecule has 0 aromatic heterocycles. The molecule has 2 rings (SSSR count). The predicted molar refractivity (Wildman–Crippen MR) is 92.8 cm³/mol. The van der Waals surface area contributed by atoms with Gasteiger partial charge < -0.3 is 9.80 Å². The highest BCUT2D eigenvalue weighted by Crippen LogP contribution is 2.17. The third-order valence-electron chi connectivity index (χ3n) is 3.19. The smallest absolute Gasteiger partial charge is 0.0369 e. The average molecular weight is 278 g/mol. The van der Waals surface area contributed by atoms with E-state index < -0.39 is 0 Å². The minimum atomic E-state index is 1.16. The molecule has 1 fully saturated rings. The number of hydrogen-bond donors (Lipinski definition) is 0. The van der Waals surface area contributed by atoms with Gasteiger partial charge in [0.05, 0.1) is 0 Å². The van der Waals surface area contributed by atoms with E-state index in [0.29, 0.717) is 0 Å². The summed E-state index contributed by atoms with van der Waals surface area (Å²) in [6.45, 7) is 18.6. The van der Waals surface area contributed by atoms with Crippen LogP contribution in [-0.2, 0) is 0 Å². The molecule has 1 aromatic carbocycles. The van der Waals surface area contributed by atoms with Crippen molar-refractivity contribution in [3.05, 3.63) is 29.8 Å². The number of likely N-dealkylation sites (N-methyl/N-ethyl adjacent to an activating group) is 1. The van der Waals surface area contributed by atoms with Crippen molar-refractivity contribution in [3.63, 3.8) is 0 Å². The summed E-state index contributed by atoms with van der Waals surface area (Å²) < 4.78 is 0. The number of rotatable bonds is 2. The maximum atomic E-state index is 2.51. The number of aryl methyl sites for hydroxylation is 1. The van der Waals surface area contributed by atoms with Crippen LogP contribution in [0, 0.1) is 6.92 Å². The zero-order valence-corrected chi connectivity index (χ0v) is 14.4. The van der Waals surface area contributed by atoms with E-state index in [-0.39, 0.29) is 0 Å². The van der Waals surface area contributed by atoms with Gasteiger partial charge in [-0.15, -0.1) is 0 Å². The van der Waals surface area contributed by atoms with Crippen molar-refractivity contribution < 1.29 is 0 Å². The molecule has 2 heteroatoms. The Bertz CT molecular complexity index is 328. The lowest BCUT2D eigenvalue weighted by Crippen LogP contribution is -2.46. The van der Waals surface area contributed by atoms with Crippen molar-refractivity contribution in [3.8, 4) is 0 Å². The first kappa shape index (κ1) is 19.0. The van der Waals surface area contributed by atoms with E-state index in [4.69, 9.17) is 0 Å². The lowest BCUT2D eigenvalue weighted by Gasteiger charge is -2.35. The van der Waals surface area contributed by atoms with Crippen LogP contribution in [0.1, 0.15) is 46.6 Å². The normalized spacial score (nSPS) is 14.8. The minimum absolute atomic E-state index is 1.16. The summed E-state index contributed by atoms with van der Waals surface area (Å²) in [5.41, 5.74) is 2.73. The van der Waals surface area contributed by atoms with Crippen molar-refractivity contribution in [2.24, 2.45) is 0 Å². The molecular weight excluding hydrogens is 244 g/mol. The minimum Gasteiger partial charge on any atom is -0.369 e. The van der Waals surface area contributed by atoms with Crippen molar-refractivity contribution in [2.45, 2.75) is 48.0 Å². The molecule has 0 bridgehead atoms. The van der Waals surface area contributed by atoms with E-state index in [0.717, 1.165) is 13.1 Å². The lowest BCUT2D eigenvalue weighted by atomic mass is 10.2. The fourth-order valence-electron chi connectivity index (χ4n) is 2.15. The number of nitrogens with zero attached hydrogens (tertiary/aromatic N) is 2. The third-order valence-corrected chi connectivity index (χ3v) is 3.19. The summed E-state index contributed by atoms with van der Waals surface area (Å²) in [4.78, 5) is 4.99. The van der Waals surface area contributed by atoms with E-state index in [1.807, 2.05) is 13.8 Å². The Morgan fingerprint density at radius 3 is 1.95 bits per heavy atom. The van der Waals surface area contributed by atoms with Gasteiger partial charge in [-0.05, 0) is 31.2 Å². The quantitative estimate of drug-likeness (QED) is 0.781. The maximum Gasteiger partial charge on any atom is 0.0369 e. The van der Waals surface area contributed by atoms with Crippen molar-refractivity contribution >= 4 is 5.69 Å². The SMILES string of the molecule is CC.CCC.CCN1CCN(c2cccc(C)c2)CC1. The Morgan fingerprint density at radius 1 is 0.950 bits per heavy atom. The Balaban J connectivity index is 0.000000641. The van der Waals surface area contributed by atoms with E-state index >= 15 is 0 Å². The van der Waals surface area contributed by atoms with E-state index in [1.54, 1.807) is 0 Å². The summed E-state index contributed by atoms with van der Waals surface area (Å²) in [5, 5.41) is 0. The topological polar surface area (TPSA) is 6.48 Å². The molecule has 0 radical (unpaired) electrons. The number of anilines is 1. The van der Waals surface area contributed by atoms with Gasteiger partial charge in [0.15, 0.2) is 0 Å². The lowest BCUT2D eigenvalue weighted by molar-refractivity contribution is 0.271. The van der Waals surface area contributed by atoms with Gasteiger partial charge in [0, 0.05) is 31.9 Å². The van der Waals surface area contributed by atoms with Crippen molar-refractivity contribution in [1.29, 1.82) is 0 Å². The molecule has 0 unspecified atom stereocenters. The molecule has 2 nitrogen and oxygen atoms in total. The monoisotopic (exact) mass is 278 g/mol. The van der Waals surface area contributed by atoms with E-state index in [9.17, 15) is 0 Å². The van der Waals surface area contributed by atoms with Gasteiger partial charge in [-0.1, -0.05) is 53.2 Å². The summed E-state index contributed by atoms with van der Waals surface area (Å²) in [5.74, 6) is 0. The standard InChI is InChI=1S/C13H20N2.C3H8.C2H6/c1-3-14-7-9-15(10-8-14)13-6-4-5-12(2)11-13;1-3-2;1-2/h4-6,11H,3,7-10H2,1-2H3;3H2,1-2H3;1-2H3. The molecule has 0 amide bonds. The molecule has 1 heterocycles. The third kappa shape index (κ3) is 6.95. The Labute approximate surface area is 126 Å². The summed E-state index contributed by atoms with van der Waals surface area (Å²) in [6, 6.07) is 8.80. The van der Waals surface area contributed by atoms with Crippen LogP contribution in [0.2, 0.25) is 0 Å². The Morgan fingerprint density at radius 2 is 1.50 bits per heavy atom. The van der Waals surface area contributed by atoms with Crippen LogP contribution < -0.4 is 4.90 Å². The van der Waals surface area contributed by atoms with Crippen LogP contribution in [0.5, 0.6) is 0 Å². The van der Waals surface area contributed by atoms with E-state index in [2.05, 4.69) is 61.8 Å². The first-order chi connectivity index (χ1) is 9.71. The van der Waals surface area contributed by atoms with Crippen LogP contribution in [0.25, 0.3) is 0 Å². The number of piperazine rings is 1. The zero-order chi connectivity index (χ0) is 15.4. The highest BCUT2D eigenvalue weighted by atomic mass is 15.3. The van der Waals surface area contributed by atoms with Gasteiger partial charge in [-0.3, -0.25) is 0 Å². The Kier molecular flexibility index (Phi) is 11.2. The highest BCUT2D eigenvalue weighted by molar-refractivity contribution is 5.48. The van der Waals surface area contributed by atoms with Crippen LogP contribution in [0.15, 0.2) is 24.3 Å². The molecule has 1 aromatic rings. The molecule has 0 atom stereocenters. The highest BCUT2D eigenvalue weighted by Gasteiger charge is 2.15. The zero-order valence-electron chi connectivity index (χ0n) is 14.4. The molecule has 20 heavy (non-hydrogen) atoms. The molecule has 1 saturated heterocycles. The van der Waals surface area contributed by atoms with Gasteiger partial charge in [0.2, 0.25) is 0 Å². The van der Waals surface area contributed by atoms with Crippen LogP contribution in [0.3, 0.4) is 0 Å². The van der Waals surface area contributed by atoms with Gasteiger partial charge in [-0.25, -0.2) is 0 Å². The first-order valence-corrected chi connectivity index (χ1v) is 8.25. The fourth-order valence-corrected chi connectivity index (χ4v) is 2.15. The summed E-state index contributed by atoms with van der Waals surface area (Å²) in [7, 11) is 0. The molecule has 0 N–H and O–H groups in total. The van der Waals surface area contributed by atoms with Crippen LogP contribution in [0.4, 0.5) is 5.69 Å². The van der Waals surface area contributed by atoms with Crippen LogP contribution >= 0.6 is 0 Å².